The highest BCUT2D eigenvalue weighted by atomic mass is 14.7. The molecular formula is C13H19N. The molecule has 1 fully saturated rings. The van der Waals surface area contributed by atoms with E-state index in [1.54, 1.807) is 0 Å². The molecule has 0 spiro atoms. The van der Waals surface area contributed by atoms with E-state index in [1.807, 2.05) is 0 Å². The number of hydrogen-bond acceptors (Lipinski definition) is 1. The minimum absolute atomic E-state index is 0.375. The lowest BCUT2D eigenvalue weighted by Gasteiger charge is -2.18. The summed E-state index contributed by atoms with van der Waals surface area (Å²) < 4.78 is 0. The Bertz CT molecular complexity index is 262. The summed E-state index contributed by atoms with van der Waals surface area (Å²) >= 11 is 0. The first kappa shape index (κ1) is 9.72. The van der Waals surface area contributed by atoms with Gasteiger partial charge in [-0.05, 0) is 30.7 Å². The average molecular weight is 189 g/mol. The summed E-state index contributed by atoms with van der Waals surface area (Å²) in [5.41, 5.74) is 7.59. The molecule has 1 aliphatic rings. The minimum Gasteiger partial charge on any atom is -0.327 e. The second kappa shape index (κ2) is 4.61. The summed E-state index contributed by atoms with van der Waals surface area (Å²) in [5.74, 6) is 0.773. The molecule has 2 rings (SSSR count). The van der Waals surface area contributed by atoms with E-state index in [1.165, 1.54) is 31.2 Å². The van der Waals surface area contributed by atoms with E-state index in [9.17, 15) is 0 Å². The Morgan fingerprint density at radius 2 is 1.79 bits per heavy atom. The summed E-state index contributed by atoms with van der Waals surface area (Å²) in [4.78, 5) is 0. The Hall–Kier alpha value is -0.820. The molecule has 0 heterocycles. The molecule has 76 valence electrons. The second-order valence-corrected chi connectivity index (χ2v) is 4.40. The molecule has 0 aliphatic heterocycles. The molecule has 0 bridgehead atoms. The van der Waals surface area contributed by atoms with E-state index in [0.717, 1.165) is 12.3 Å². The number of rotatable bonds is 3. The number of nitrogens with two attached hydrogens (primary N) is 1. The van der Waals surface area contributed by atoms with E-state index < -0.39 is 0 Å². The third kappa shape index (κ3) is 2.36. The molecule has 1 aliphatic carbocycles. The molecule has 1 atom stereocenters. The van der Waals surface area contributed by atoms with Crippen molar-refractivity contribution in [1.29, 1.82) is 0 Å². The maximum atomic E-state index is 6.21. The minimum atomic E-state index is 0.375. The molecule has 0 saturated heterocycles. The molecule has 1 aromatic carbocycles. The van der Waals surface area contributed by atoms with Crippen molar-refractivity contribution < 1.29 is 0 Å². The summed E-state index contributed by atoms with van der Waals surface area (Å²) in [6.45, 7) is 0. The molecule has 1 aromatic rings. The van der Waals surface area contributed by atoms with Gasteiger partial charge in [0.2, 0.25) is 0 Å². The van der Waals surface area contributed by atoms with Crippen LogP contribution in [-0.4, -0.2) is 6.04 Å². The largest absolute Gasteiger partial charge is 0.327 e. The first-order valence-electron chi connectivity index (χ1n) is 5.66. The SMILES string of the molecule is N[C@H](Cc1ccccc1)C1CCCC1. The first-order chi connectivity index (χ1) is 6.86. The van der Waals surface area contributed by atoms with E-state index in [4.69, 9.17) is 5.73 Å². The van der Waals surface area contributed by atoms with Gasteiger partial charge in [-0.15, -0.1) is 0 Å². The van der Waals surface area contributed by atoms with Gasteiger partial charge in [-0.1, -0.05) is 43.2 Å². The van der Waals surface area contributed by atoms with E-state index in [2.05, 4.69) is 30.3 Å². The van der Waals surface area contributed by atoms with Crippen molar-refractivity contribution in [3.8, 4) is 0 Å². The Morgan fingerprint density at radius 1 is 1.14 bits per heavy atom. The molecular weight excluding hydrogens is 170 g/mol. The zero-order valence-corrected chi connectivity index (χ0v) is 8.65. The van der Waals surface area contributed by atoms with Crippen LogP contribution in [0.3, 0.4) is 0 Å². The van der Waals surface area contributed by atoms with Crippen LogP contribution in [0.5, 0.6) is 0 Å². The van der Waals surface area contributed by atoms with Crippen LogP contribution in [0.4, 0.5) is 0 Å². The van der Waals surface area contributed by atoms with Crippen molar-refractivity contribution in [3.63, 3.8) is 0 Å². The highest BCUT2D eigenvalue weighted by molar-refractivity contribution is 5.16. The van der Waals surface area contributed by atoms with Gasteiger partial charge in [-0.2, -0.15) is 0 Å². The van der Waals surface area contributed by atoms with Gasteiger partial charge in [0.15, 0.2) is 0 Å². The average Bonchev–Trinajstić information content (AvgIpc) is 2.72. The van der Waals surface area contributed by atoms with Gasteiger partial charge < -0.3 is 5.73 Å². The van der Waals surface area contributed by atoms with Gasteiger partial charge in [0.25, 0.3) is 0 Å². The summed E-state index contributed by atoms with van der Waals surface area (Å²) in [6.07, 6.45) is 6.49. The van der Waals surface area contributed by atoms with Gasteiger partial charge in [0.05, 0.1) is 0 Å². The summed E-state index contributed by atoms with van der Waals surface area (Å²) in [7, 11) is 0. The fourth-order valence-corrected chi connectivity index (χ4v) is 2.44. The monoisotopic (exact) mass is 189 g/mol. The Labute approximate surface area is 86.3 Å². The topological polar surface area (TPSA) is 26.0 Å². The van der Waals surface area contributed by atoms with Crippen LogP contribution in [0, 0.1) is 5.92 Å². The lowest BCUT2D eigenvalue weighted by atomic mass is 9.93. The Kier molecular flexibility index (Phi) is 3.20. The molecule has 1 nitrogen and oxygen atoms in total. The maximum Gasteiger partial charge on any atom is 0.0108 e. The Balaban J connectivity index is 1.90. The molecule has 0 unspecified atom stereocenters. The quantitative estimate of drug-likeness (QED) is 0.777. The van der Waals surface area contributed by atoms with Crippen molar-refractivity contribution in [2.45, 2.75) is 38.1 Å². The van der Waals surface area contributed by atoms with Gasteiger partial charge in [-0.25, -0.2) is 0 Å². The molecule has 0 radical (unpaired) electrons. The summed E-state index contributed by atoms with van der Waals surface area (Å²) in [6, 6.07) is 11.0. The van der Waals surface area contributed by atoms with Gasteiger partial charge >= 0.3 is 0 Å². The normalized spacial score (nSPS) is 19.8. The second-order valence-electron chi connectivity index (χ2n) is 4.40. The molecule has 1 saturated carbocycles. The first-order valence-corrected chi connectivity index (χ1v) is 5.66. The summed E-state index contributed by atoms with van der Waals surface area (Å²) in [5, 5.41) is 0. The van der Waals surface area contributed by atoms with Crippen molar-refractivity contribution >= 4 is 0 Å². The van der Waals surface area contributed by atoms with Crippen molar-refractivity contribution in [2.24, 2.45) is 11.7 Å². The molecule has 2 N–H and O–H groups in total. The van der Waals surface area contributed by atoms with Crippen molar-refractivity contribution in [1.82, 2.24) is 0 Å². The maximum absolute atomic E-state index is 6.21. The Morgan fingerprint density at radius 3 is 2.43 bits per heavy atom. The zero-order chi connectivity index (χ0) is 9.80. The van der Waals surface area contributed by atoms with Crippen LogP contribution in [0.25, 0.3) is 0 Å². The highest BCUT2D eigenvalue weighted by Gasteiger charge is 2.21. The predicted molar refractivity (Wildman–Crippen MR) is 60.1 cm³/mol. The lowest BCUT2D eigenvalue weighted by Crippen LogP contribution is -2.30. The fourth-order valence-electron chi connectivity index (χ4n) is 2.44. The van der Waals surface area contributed by atoms with E-state index in [0.29, 0.717) is 6.04 Å². The predicted octanol–water partition coefficient (Wildman–Crippen LogP) is 2.75. The van der Waals surface area contributed by atoms with Crippen LogP contribution in [0.2, 0.25) is 0 Å². The van der Waals surface area contributed by atoms with Gasteiger partial charge in [0, 0.05) is 6.04 Å². The van der Waals surface area contributed by atoms with Gasteiger partial charge in [0.1, 0.15) is 0 Å². The van der Waals surface area contributed by atoms with Crippen molar-refractivity contribution in [2.75, 3.05) is 0 Å². The van der Waals surface area contributed by atoms with Crippen LogP contribution in [0.15, 0.2) is 30.3 Å². The third-order valence-electron chi connectivity index (χ3n) is 3.32. The number of benzene rings is 1. The molecule has 14 heavy (non-hydrogen) atoms. The van der Waals surface area contributed by atoms with Crippen LogP contribution < -0.4 is 5.73 Å². The standard InChI is InChI=1S/C13H19N/c14-13(12-8-4-5-9-12)10-11-6-2-1-3-7-11/h1-3,6-7,12-13H,4-5,8-10,14H2/t13-/m1/s1. The van der Waals surface area contributed by atoms with Crippen LogP contribution in [0.1, 0.15) is 31.2 Å². The van der Waals surface area contributed by atoms with E-state index >= 15 is 0 Å². The number of hydrogen-bond donors (Lipinski definition) is 1. The molecule has 1 heteroatoms. The van der Waals surface area contributed by atoms with Crippen molar-refractivity contribution in [3.05, 3.63) is 35.9 Å². The smallest absolute Gasteiger partial charge is 0.0108 e. The fraction of sp³-hybridized carbons (Fsp3) is 0.538. The third-order valence-corrected chi connectivity index (χ3v) is 3.32. The molecule has 0 amide bonds. The highest BCUT2D eigenvalue weighted by Crippen LogP contribution is 2.28. The zero-order valence-electron chi connectivity index (χ0n) is 8.65. The van der Waals surface area contributed by atoms with Crippen LogP contribution >= 0.6 is 0 Å². The molecule has 0 aromatic heterocycles. The van der Waals surface area contributed by atoms with E-state index in [-0.39, 0.29) is 0 Å². The lowest BCUT2D eigenvalue weighted by molar-refractivity contribution is 0.429. The van der Waals surface area contributed by atoms with Crippen LogP contribution in [-0.2, 0) is 6.42 Å². The van der Waals surface area contributed by atoms with Gasteiger partial charge in [-0.3, -0.25) is 0 Å².